The Hall–Kier alpha value is -2.14. The largest absolute Gasteiger partial charge is 0.398 e. The SMILES string of the molecule is Nc1ccc(C(=O)NCc2cccnn2)cc1Cl. The van der Waals surface area contributed by atoms with E-state index in [1.807, 2.05) is 0 Å². The third kappa shape index (κ3) is 2.95. The lowest BCUT2D eigenvalue weighted by atomic mass is 10.2. The Balaban J connectivity index is 2.02. The van der Waals surface area contributed by atoms with E-state index in [4.69, 9.17) is 17.3 Å². The Kier molecular flexibility index (Phi) is 3.74. The molecule has 0 spiro atoms. The van der Waals surface area contributed by atoms with Gasteiger partial charge in [0.25, 0.3) is 5.91 Å². The first-order chi connectivity index (χ1) is 8.66. The number of carbonyl (C=O) groups excluding carboxylic acids is 1. The molecule has 0 bridgehead atoms. The van der Waals surface area contributed by atoms with Crippen molar-refractivity contribution in [1.29, 1.82) is 0 Å². The Labute approximate surface area is 109 Å². The molecule has 0 aliphatic rings. The van der Waals surface area contributed by atoms with Crippen molar-refractivity contribution in [2.24, 2.45) is 0 Å². The van der Waals surface area contributed by atoms with Gasteiger partial charge in [-0.05, 0) is 30.3 Å². The number of aromatic nitrogens is 2. The minimum Gasteiger partial charge on any atom is -0.398 e. The molecule has 1 aromatic carbocycles. The van der Waals surface area contributed by atoms with E-state index in [-0.39, 0.29) is 5.91 Å². The molecule has 0 aliphatic heterocycles. The highest BCUT2D eigenvalue weighted by molar-refractivity contribution is 6.33. The number of nitrogen functional groups attached to an aromatic ring is 1. The average Bonchev–Trinajstić information content (AvgIpc) is 2.40. The topological polar surface area (TPSA) is 80.9 Å². The van der Waals surface area contributed by atoms with Crippen LogP contribution in [0.15, 0.2) is 36.5 Å². The molecular formula is C12H11ClN4O. The van der Waals surface area contributed by atoms with Gasteiger partial charge in [0.2, 0.25) is 0 Å². The normalized spacial score (nSPS) is 10.1. The minimum absolute atomic E-state index is 0.234. The van der Waals surface area contributed by atoms with E-state index in [2.05, 4.69) is 15.5 Å². The van der Waals surface area contributed by atoms with Crippen LogP contribution < -0.4 is 11.1 Å². The van der Waals surface area contributed by atoms with Crippen molar-refractivity contribution in [3.8, 4) is 0 Å². The number of nitrogens with two attached hydrogens (primary N) is 1. The van der Waals surface area contributed by atoms with Crippen molar-refractivity contribution in [2.75, 3.05) is 5.73 Å². The van der Waals surface area contributed by atoms with Gasteiger partial charge < -0.3 is 11.1 Å². The van der Waals surface area contributed by atoms with Crippen molar-refractivity contribution in [1.82, 2.24) is 15.5 Å². The summed E-state index contributed by atoms with van der Waals surface area (Å²) in [4.78, 5) is 11.8. The average molecular weight is 263 g/mol. The molecule has 18 heavy (non-hydrogen) atoms. The van der Waals surface area contributed by atoms with Crippen LogP contribution >= 0.6 is 11.6 Å². The maximum Gasteiger partial charge on any atom is 0.251 e. The fraction of sp³-hybridized carbons (Fsp3) is 0.0833. The Bertz CT molecular complexity index is 559. The second kappa shape index (κ2) is 5.46. The van der Waals surface area contributed by atoms with Crippen molar-refractivity contribution >= 4 is 23.2 Å². The molecule has 2 aromatic rings. The van der Waals surface area contributed by atoms with Crippen LogP contribution in [-0.4, -0.2) is 16.1 Å². The van der Waals surface area contributed by atoms with Crippen LogP contribution in [0.1, 0.15) is 16.1 Å². The van der Waals surface area contributed by atoms with Crippen LogP contribution in [-0.2, 0) is 6.54 Å². The Morgan fingerprint density at radius 3 is 2.89 bits per heavy atom. The molecule has 5 nitrogen and oxygen atoms in total. The molecule has 92 valence electrons. The molecule has 0 saturated heterocycles. The quantitative estimate of drug-likeness (QED) is 0.824. The van der Waals surface area contributed by atoms with E-state index in [0.29, 0.717) is 28.5 Å². The number of carbonyl (C=O) groups is 1. The zero-order valence-electron chi connectivity index (χ0n) is 9.43. The second-order valence-corrected chi connectivity index (χ2v) is 4.04. The number of benzene rings is 1. The first-order valence-corrected chi connectivity index (χ1v) is 5.64. The fourth-order valence-electron chi connectivity index (χ4n) is 1.37. The lowest BCUT2D eigenvalue weighted by molar-refractivity contribution is 0.0950. The molecule has 0 saturated carbocycles. The zero-order chi connectivity index (χ0) is 13.0. The van der Waals surface area contributed by atoms with Crippen molar-refractivity contribution in [3.05, 3.63) is 52.8 Å². The summed E-state index contributed by atoms with van der Waals surface area (Å²) in [5.74, 6) is -0.234. The summed E-state index contributed by atoms with van der Waals surface area (Å²) in [7, 11) is 0. The number of nitrogens with zero attached hydrogens (tertiary/aromatic N) is 2. The van der Waals surface area contributed by atoms with E-state index >= 15 is 0 Å². The number of hydrogen-bond acceptors (Lipinski definition) is 4. The highest BCUT2D eigenvalue weighted by Crippen LogP contribution is 2.19. The maximum atomic E-state index is 11.8. The molecule has 2 rings (SSSR count). The summed E-state index contributed by atoms with van der Waals surface area (Å²) in [5, 5.41) is 10.7. The van der Waals surface area contributed by atoms with Gasteiger partial charge in [-0.1, -0.05) is 11.6 Å². The number of nitrogens with one attached hydrogen (secondary N) is 1. The van der Waals surface area contributed by atoms with Crippen LogP contribution in [0.4, 0.5) is 5.69 Å². The predicted octanol–water partition coefficient (Wildman–Crippen LogP) is 1.64. The molecule has 1 heterocycles. The standard InChI is InChI=1S/C12H11ClN4O/c13-10-6-8(3-4-11(10)14)12(18)15-7-9-2-1-5-16-17-9/h1-6H,7,14H2,(H,15,18). The number of halogens is 1. The summed E-state index contributed by atoms with van der Waals surface area (Å²) >= 11 is 5.85. The van der Waals surface area contributed by atoms with Crippen LogP contribution in [0.3, 0.4) is 0 Å². The highest BCUT2D eigenvalue weighted by Gasteiger charge is 2.07. The van der Waals surface area contributed by atoms with Crippen molar-refractivity contribution in [3.63, 3.8) is 0 Å². The third-order valence-corrected chi connectivity index (χ3v) is 2.65. The summed E-state index contributed by atoms with van der Waals surface area (Å²) in [6, 6.07) is 8.29. The van der Waals surface area contributed by atoms with Gasteiger partial charge in [-0.15, -0.1) is 0 Å². The van der Waals surface area contributed by atoms with Gasteiger partial charge >= 0.3 is 0 Å². The molecule has 3 N–H and O–H groups in total. The minimum atomic E-state index is -0.234. The fourth-order valence-corrected chi connectivity index (χ4v) is 1.55. The first-order valence-electron chi connectivity index (χ1n) is 5.26. The monoisotopic (exact) mass is 262 g/mol. The van der Waals surface area contributed by atoms with E-state index in [1.54, 1.807) is 30.5 Å². The first kappa shape index (κ1) is 12.3. The van der Waals surface area contributed by atoms with Gasteiger partial charge in [-0.25, -0.2) is 0 Å². The molecule has 0 aliphatic carbocycles. The van der Waals surface area contributed by atoms with Crippen LogP contribution in [0, 0.1) is 0 Å². The maximum absolute atomic E-state index is 11.8. The highest BCUT2D eigenvalue weighted by atomic mass is 35.5. The number of anilines is 1. The predicted molar refractivity (Wildman–Crippen MR) is 69.1 cm³/mol. The summed E-state index contributed by atoms with van der Waals surface area (Å²) in [6.07, 6.45) is 1.57. The van der Waals surface area contributed by atoms with Gasteiger partial charge in [0.1, 0.15) is 0 Å². The molecule has 0 radical (unpaired) electrons. The van der Waals surface area contributed by atoms with Gasteiger partial charge in [0.05, 0.1) is 22.9 Å². The van der Waals surface area contributed by atoms with Crippen LogP contribution in [0.5, 0.6) is 0 Å². The second-order valence-electron chi connectivity index (χ2n) is 3.63. The number of rotatable bonds is 3. The van der Waals surface area contributed by atoms with E-state index in [0.717, 1.165) is 0 Å². The molecule has 0 unspecified atom stereocenters. The third-order valence-electron chi connectivity index (χ3n) is 2.32. The Morgan fingerprint density at radius 1 is 1.39 bits per heavy atom. The zero-order valence-corrected chi connectivity index (χ0v) is 10.2. The van der Waals surface area contributed by atoms with Gasteiger partial charge in [-0.2, -0.15) is 10.2 Å². The van der Waals surface area contributed by atoms with E-state index < -0.39 is 0 Å². The van der Waals surface area contributed by atoms with E-state index in [1.165, 1.54) is 6.07 Å². The number of hydrogen-bond donors (Lipinski definition) is 2. The number of amides is 1. The summed E-state index contributed by atoms with van der Waals surface area (Å²) in [6.45, 7) is 0.314. The summed E-state index contributed by atoms with van der Waals surface area (Å²) in [5.41, 5.74) is 7.16. The Morgan fingerprint density at radius 2 is 2.22 bits per heavy atom. The molecule has 0 atom stereocenters. The lowest BCUT2D eigenvalue weighted by Crippen LogP contribution is -2.23. The molecule has 6 heteroatoms. The van der Waals surface area contributed by atoms with E-state index in [9.17, 15) is 4.79 Å². The van der Waals surface area contributed by atoms with Gasteiger partial charge in [0, 0.05) is 11.8 Å². The smallest absolute Gasteiger partial charge is 0.251 e. The lowest BCUT2D eigenvalue weighted by Gasteiger charge is -2.05. The van der Waals surface area contributed by atoms with Crippen molar-refractivity contribution < 1.29 is 4.79 Å². The van der Waals surface area contributed by atoms with Gasteiger partial charge in [0.15, 0.2) is 0 Å². The van der Waals surface area contributed by atoms with Crippen LogP contribution in [0.2, 0.25) is 5.02 Å². The molecule has 1 amide bonds. The molecule has 1 aromatic heterocycles. The van der Waals surface area contributed by atoms with Gasteiger partial charge in [-0.3, -0.25) is 4.79 Å². The van der Waals surface area contributed by atoms with Crippen molar-refractivity contribution in [2.45, 2.75) is 6.54 Å². The molecule has 0 fully saturated rings. The van der Waals surface area contributed by atoms with Crippen LogP contribution in [0.25, 0.3) is 0 Å². The summed E-state index contributed by atoms with van der Waals surface area (Å²) < 4.78 is 0. The molecular weight excluding hydrogens is 252 g/mol.